The monoisotopic (exact) mass is 222 g/mol. The summed E-state index contributed by atoms with van der Waals surface area (Å²) in [6.45, 7) is 0. The van der Waals surface area contributed by atoms with Gasteiger partial charge in [0, 0.05) is 5.39 Å². The van der Waals surface area contributed by atoms with Gasteiger partial charge in [-0.3, -0.25) is 0 Å². The number of esters is 2. The predicted octanol–water partition coefficient (Wildman–Crippen LogP) is 2.63. The number of ether oxygens (including phenoxy) is 1. The van der Waals surface area contributed by atoms with Crippen molar-refractivity contribution in [3.63, 3.8) is 0 Å². The zero-order chi connectivity index (χ0) is 11.6. The van der Waals surface area contributed by atoms with Crippen LogP contribution in [0.2, 0.25) is 0 Å². The van der Waals surface area contributed by atoms with Crippen LogP contribution in [-0.4, -0.2) is 11.9 Å². The smallest absolute Gasteiger partial charge is 0.346 e. The first-order valence-corrected chi connectivity index (χ1v) is 5.30. The molecule has 4 rings (SSSR count). The van der Waals surface area contributed by atoms with E-state index in [2.05, 4.69) is 0 Å². The molecule has 3 heteroatoms. The molecule has 1 heterocycles. The molecule has 0 saturated heterocycles. The molecule has 0 saturated carbocycles. The number of hydrogen-bond donors (Lipinski definition) is 0. The standard InChI is InChI=1S/C14H6O3/c15-13-9-5-3-7-1-2-8-4-6-10(14(16)17-13)12(9)11(7)8/h1-6H. The molecule has 3 nitrogen and oxygen atoms in total. The van der Waals surface area contributed by atoms with Gasteiger partial charge in [-0.2, -0.15) is 0 Å². The number of benzene rings is 2. The van der Waals surface area contributed by atoms with E-state index in [1.165, 1.54) is 0 Å². The Hall–Kier alpha value is -2.42. The summed E-state index contributed by atoms with van der Waals surface area (Å²) in [7, 11) is 0. The minimum atomic E-state index is -0.557. The quantitative estimate of drug-likeness (QED) is 0.433. The first kappa shape index (κ1) is 8.70. The molecule has 0 unspecified atom stereocenters. The molecule has 1 aliphatic carbocycles. The highest BCUT2D eigenvalue weighted by molar-refractivity contribution is 6.24. The highest BCUT2D eigenvalue weighted by Gasteiger charge is 2.29. The maximum absolute atomic E-state index is 11.7. The van der Waals surface area contributed by atoms with E-state index in [1.807, 2.05) is 24.3 Å². The van der Waals surface area contributed by atoms with Gasteiger partial charge in [0.2, 0.25) is 0 Å². The van der Waals surface area contributed by atoms with Crippen LogP contribution in [0, 0.1) is 0 Å². The lowest BCUT2D eigenvalue weighted by Crippen LogP contribution is -2.19. The van der Waals surface area contributed by atoms with Crippen molar-refractivity contribution in [2.45, 2.75) is 0 Å². The lowest BCUT2D eigenvalue weighted by molar-refractivity contribution is 0.0391. The predicted molar refractivity (Wildman–Crippen MR) is 62.6 cm³/mol. The highest BCUT2D eigenvalue weighted by Crippen LogP contribution is 2.37. The van der Waals surface area contributed by atoms with Crippen LogP contribution in [0.5, 0.6) is 0 Å². The second-order valence-corrected chi connectivity index (χ2v) is 4.17. The summed E-state index contributed by atoms with van der Waals surface area (Å²) < 4.78 is 4.70. The van der Waals surface area contributed by atoms with Gasteiger partial charge in [0.25, 0.3) is 0 Å². The fraction of sp³-hybridized carbons (Fsp3) is 0. The SMILES string of the molecule is O=C1OC(=O)c2ccc3c4c(ccc1c24)C=C3. The second-order valence-electron chi connectivity index (χ2n) is 4.17. The Balaban J connectivity index is 2.32. The second kappa shape index (κ2) is 2.63. The van der Waals surface area contributed by atoms with Gasteiger partial charge < -0.3 is 4.74 Å². The Bertz CT molecular complexity index is 695. The number of carbonyl (C=O) groups is 2. The van der Waals surface area contributed by atoms with E-state index in [9.17, 15) is 9.59 Å². The normalized spacial score (nSPS) is 15.5. The lowest BCUT2D eigenvalue weighted by atomic mass is 9.93. The van der Waals surface area contributed by atoms with Crippen molar-refractivity contribution in [2.75, 3.05) is 0 Å². The van der Waals surface area contributed by atoms with Gasteiger partial charge in [0.1, 0.15) is 0 Å². The molecule has 0 amide bonds. The molecular weight excluding hydrogens is 216 g/mol. The average molecular weight is 222 g/mol. The third-order valence-corrected chi connectivity index (χ3v) is 3.29. The largest absolute Gasteiger partial charge is 0.386 e. The number of rotatable bonds is 0. The van der Waals surface area contributed by atoms with Gasteiger partial charge in [-0.15, -0.1) is 0 Å². The van der Waals surface area contributed by atoms with Crippen LogP contribution in [0.3, 0.4) is 0 Å². The van der Waals surface area contributed by atoms with E-state index in [-0.39, 0.29) is 0 Å². The molecule has 80 valence electrons. The van der Waals surface area contributed by atoms with Crippen LogP contribution in [-0.2, 0) is 4.74 Å². The molecule has 0 N–H and O–H groups in total. The van der Waals surface area contributed by atoms with Crippen molar-refractivity contribution >= 4 is 34.9 Å². The average Bonchev–Trinajstić information content (AvgIpc) is 2.74. The molecule has 0 aromatic heterocycles. The Kier molecular flexibility index (Phi) is 1.35. The molecule has 0 spiro atoms. The molecule has 2 aromatic rings. The van der Waals surface area contributed by atoms with Crippen LogP contribution in [0.4, 0.5) is 0 Å². The summed E-state index contributed by atoms with van der Waals surface area (Å²) in [6, 6.07) is 7.20. The maximum Gasteiger partial charge on any atom is 0.346 e. The fourth-order valence-electron chi connectivity index (χ4n) is 2.54. The van der Waals surface area contributed by atoms with Gasteiger partial charge in [-0.1, -0.05) is 24.3 Å². The van der Waals surface area contributed by atoms with Gasteiger partial charge in [0.15, 0.2) is 0 Å². The molecule has 0 bridgehead atoms. The zero-order valence-corrected chi connectivity index (χ0v) is 8.69. The fourth-order valence-corrected chi connectivity index (χ4v) is 2.54. The van der Waals surface area contributed by atoms with E-state index in [1.54, 1.807) is 12.1 Å². The topological polar surface area (TPSA) is 43.4 Å². The maximum atomic E-state index is 11.7. The highest BCUT2D eigenvalue weighted by atomic mass is 16.6. The van der Waals surface area contributed by atoms with E-state index in [0.717, 1.165) is 21.9 Å². The van der Waals surface area contributed by atoms with E-state index in [0.29, 0.717) is 11.1 Å². The first-order chi connectivity index (χ1) is 8.25. The Morgan fingerprint density at radius 2 is 1.24 bits per heavy atom. The van der Waals surface area contributed by atoms with Crippen LogP contribution in [0.15, 0.2) is 24.3 Å². The molecule has 0 atom stereocenters. The summed E-state index contributed by atoms with van der Waals surface area (Å²) in [5, 5.41) is 1.70. The Morgan fingerprint density at radius 1 is 0.706 bits per heavy atom. The number of hydrogen-bond acceptors (Lipinski definition) is 3. The Morgan fingerprint density at radius 3 is 1.76 bits per heavy atom. The minimum Gasteiger partial charge on any atom is -0.386 e. The zero-order valence-electron chi connectivity index (χ0n) is 8.69. The first-order valence-electron chi connectivity index (χ1n) is 5.30. The summed E-state index contributed by atoms with van der Waals surface area (Å²) >= 11 is 0. The van der Waals surface area contributed by atoms with Gasteiger partial charge >= 0.3 is 11.9 Å². The van der Waals surface area contributed by atoms with E-state index < -0.39 is 11.9 Å². The van der Waals surface area contributed by atoms with Crippen molar-refractivity contribution in [1.29, 1.82) is 0 Å². The van der Waals surface area contributed by atoms with E-state index in [4.69, 9.17) is 4.74 Å². The Labute approximate surface area is 96.3 Å². The van der Waals surface area contributed by atoms with Crippen LogP contribution in [0.25, 0.3) is 22.9 Å². The summed E-state index contributed by atoms with van der Waals surface area (Å²) in [4.78, 5) is 23.3. The van der Waals surface area contributed by atoms with Crippen molar-refractivity contribution in [1.82, 2.24) is 0 Å². The van der Waals surface area contributed by atoms with E-state index >= 15 is 0 Å². The number of carbonyl (C=O) groups excluding carboxylic acids is 2. The van der Waals surface area contributed by atoms with Gasteiger partial charge in [-0.25, -0.2) is 9.59 Å². The van der Waals surface area contributed by atoms with Crippen LogP contribution < -0.4 is 0 Å². The third kappa shape index (κ3) is 0.916. The van der Waals surface area contributed by atoms with Crippen LogP contribution in [0.1, 0.15) is 31.8 Å². The molecule has 2 aromatic carbocycles. The van der Waals surface area contributed by atoms with Crippen molar-refractivity contribution < 1.29 is 14.3 Å². The van der Waals surface area contributed by atoms with Gasteiger partial charge in [0.05, 0.1) is 11.1 Å². The minimum absolute atomic E-state index is 0.476. The lowest BCUT2D eigenvalue weighted by Gasteiger charge is -2.16. The third-order valence-electron chi connectivity index (χ3n) is 3.29. The molecule has 0 radical (unpaired) electrons. The summed E-state index contributed by atoms with van der Waals surface area (Å²) in [5.41, 5.74) is 3.04. The molecule has 0 fully saturated rings. The summed E-state index contributed by atoms with van der Waals surface area (Å²) in [5.74, 6) is -1.11. The van der Waals surface area contributed by atoms with Crippen molar-refractivity contribution in [3.05, 3.63) is 46.5 Å². The summed E-state index contributed by atoms with van der Waals surface area (Å²) in [6.07, 6.45) is 3.98. The molecule has 2 aliphatic rings. The van der Waals surface area contributed by atoms with Crippen molar-refractivity contribution in [3.8, 4) is 0 Å². The molecule has 1 aliphatic heterocycles. The van der Waals surface area contributed by atoms with Crippen molar-refractivity contribution in [2.24, 2.45) is 0 Å². The molecular formula is C14H6O3. The van der Waals surface area contributed by atoms with Crippen LogP contribution >= 0.6 is 0 Å². The number of cyclic esters (lactones) is 2. The van der Waals surface area contributed by atoms with Gasteiger partial charge in [-0.05, 0) is 28.6 Å². The molecule has 17 heavy (non-hydrogen) atoms.